The lowest BCUT2D eigenvalue weighted by molar-refractivity contribution is -0.126. The van der Waals surface area contributed by atoms with Crippen LogP contribution in [0.4, 0.5) is 5.69 Å². The molecule has 2 unspecified atom stereocenters. The summed E-state index contributed by atoms with van der Waals surface area (Å²) in [6.45, 7) is 1.80. The van der Waals surface area contributed by atoms with E-state index in [1.807, 2.05) is 6.07 Å². The van der Waals surface area contributed by atoms with Gasteiger partial charge in [-0.05, 0) is 30.7 Å². The van der Waals surface area contributed by atoms with E-state index >= 15 is 0 Å². The van der Waals surface area contributed by atoms with Gasteiger partial charge in [-0.15, -0.1) is 0 Å². The number of oxime groups is 1. The third kappa shape index (κ3) is 1.91. The summed E-state index contributed by atoms with van der Waals surface area (Å²) in [5, 5.41) is 3.67. The third-order valence-corrected chi connectivity index (χ3v) is 4.15. The number of aryl methyl sites for hydroxylation is 1. The minimum absolute atomic E-state index is 0.0487. The van der Waals surface area contributed by atoms with Crippen LogP contribution in [0.25, 0.3) is 0 Å². The number of para-hydroxylation sites is 1. The van der Waals surface area contributed by atoms with Crippen molar-refractivity contribution in [3.05, 3.63) is 54.0 Å². The summed E-state index contributed by atoms with van der Waals surface area (Å²) in [4.78, 5) is 44.0. The Morgan fingerprint density at radius 2 is 1.92 bits per heavy atom. The second-order valence-electron chi connectivity index (χ2n) is 5.59. The van der Waals surface area contributed by atoms with Crippen molar-refractivity contribution < 1.29 is 23.6 Å². The molecule has 0 bridgehead atoms. The Kier molecular flexibility index (Phi) is 3.09. The van der Waals surface area contributed by atoms with Crippen molar-refractivity contribution in [2.24, 2.45) is 11.1 Å². The largest absolute Gasteiger partial charge is 0.461 e. The fraction of sp³-hybridized carbons (Fsp3) is 0.176. The topological polar surface area (TPSA) is 89.2 Å². The minimum Gasteiger partial charge on any atom is -0.461 e. The molecule has 1 aromatic heterocycles. The number of benzene rings is 1. The third-order valence-electron chi connectivity index (χ3n) is 4.15. The van der Waals surface area contributed by atoms with E-state index in [4.69, 9.17) is 9.25 Å². The molecule has 2 aromatic rings. The highest BCUT2D eigenvalue weighted by molar-refractivity contribution is 6.52. The molecule has 2 aliphatic heterocycles. The van der Waals surface area contributed by atoms with E-state index in [1.165, 1.54) is 12.3 Å². The smallest absolute Gasteiger partial charge is 0.278 e. The van der Waals surface area contributed by atoms with E-state index in [1.54, 1.807) is 31.2 Å². The number of fused-ring (bicyclic) bond motifs is 1. The van der Waals surface area contributed by atoms with Crippen molar-refractivity contribution in [1.82, 2.24) is 0 Å². The molecule has 24 heavy (non-hydrogen) atoms. The lowest BCUT2D eigenvalue weighted by Crippen LogP contribution is -2.34. The Morgan fingerprint density at radius 3 is 2.62 bits per heavy atom. The zero-order valence-electron chi connectivity index (χ0n) is 12.6. The Labute approximate surface area is 136 Å². The zero-order chi connectivity index (χ0) is 16.8. The Bertz CT molecular complexity index is 884. The van der Waals surface area contributed by atoms with Gasteiger partial charge in [-0.25, -0.2) is 4.90 Å². The molecular formula is C17H12N2O5. The molecule has 4 rings (SSSR count). The van der Waals surface area contributed by atoms with E-state index in [-0.39, 0.29) is 11.5 Å². The number of carbonyl (C=O) groups is 3. The van der Waals surface area contributed by atoms with Gasteiger partial charge in [0.25, 0.3) is 5.91 Å². The predicted molar refractivity (Wildman–Crippen MR) is 82.5 cm³/mol. The molecule has 120 valence electrons. The first-order chi connectivity index (χ1) is 11.6. The van der Waals surface area contributed by atoms with Gasteiger partial charge in [0.15, 0.2) is 5.76 Å². The Hall–Kier alpha value is -3.22. The molecule has 2 aliphatic rings. The number of ketones is 1. The van der Waals surface area contributed by atoms with Gasteiger partial charge in [-0.2, -0.15) is 0 Å². The maximum atomic E-state index is 12.8. The summed E-state index contributed by atoms with van der Waals surface area (Å²) < 4.78 is 5.05. The maximum absolute atomic E-state index is 12.8. The molecule has 7 nitrogen and oxygen atoms in total. The molecule has 0 aliphatic carbocycles. The Morgan fingerprint density at radius 1 is 1.12 bits per heavy atom. The van der Waals surface area contributed by atoms with Crippen LogP contribution >= 0.6 is 0 Å². The van der Waals surface area contributed by atoms with Crippen molar-refractivity contribution in [3.63, 3.8) is 0 Å². The first-order valence-corrected chi connectivity index (χ1v) is 7.35. The van der Waals surface area contributed by atoms with E-state index in [0.717, 1.165) is 10.5 Å². The molecular weight excluding hydrogens is 312 g/mol. The lowest BCUT2D eigenvalue weighted by Gasteiger charge is -2.17. The summed E-state index contributed by atoms with van der Waals surface area (Å²) in [7, 11) is 0. The molecule has 0 N–H and O–H groups in total. The van der Waals surface area contributed by atoms with Crippen LogP contribution in [0.3, 0.4) is 0 Å². The molecule has 0 spiro atoms. The molecule has 7 heteroatoms. The second-order valence-corrected chi connectivity index (χ2v) is 5.59. The molecule has 2 amide bonds. The average Bonchev–Trinajstić information content (AvgIpc) is 3.29. The highest BCUT2D eigenvalue weighted by Crippen LogP contribution is 2.35. The van der Waals surface area contributed by atoms with Gasteiger partial charge < -0.3 is 9.25 Å². The zero-order valence-corrected chi connectivity index (χ0v) is 12.6. The van der Waals surface area contributed by atoms with E-state index in [0.29, 0.717) is 5.69 Å². The molecule has 3 heterocycles. The minimum atomic E-state index is -1.11. The van der Waals surface area contributed by atoms with E-state index in [2.05, 4.69) is 5.16 Å². The predicted octanol–water partition coefficient (Wildman–Crippen LogP) is 1.72. The van der Waals surface area contributed by atoms with Crippen LogP contribution in [0.15, 0.2) is 52.2 Å². The van der Waals surface area contributed by atoms with Crippen molar-refractivity contribution in [2.45, 2.75) is 13.0 Å². The van der Waals surface area contributed by atoms with Gasteiger partial charge in [-0.3, -0.25) is 14.4 Å². The van der Waals surface area contributed by atoms with Crippen LogP contribution in [0.5, 0.6) is 0 Å². The van der Waals surface area contributed by atoms with Gasteiger partial charge in [-0.1, -0.05) is 23.4 Å². The second kappa shape index (κ2) is 5.16. The summed E-state index contributed by atoms with van der Waals surface area (Å²) in [6, 6.07) is 10.1. The normalized spacial score (nSPS) is 22.4. The van der Waals surface area contributed by atoms with Gasteiger partial charge in [0.1, 0.15) is 11.6 Å². The number of amides is 2. The fourth-order valence-corrected chi connectivity index (χ4v) is 2.95. The number of anilines is 1. The summed E-state index contributed by atoms with van der Waals surface area (Å²) >= 11 is 0. The summed E-state index contributed by atoms with van der Waals surface area (Å²) in [6.07, 6.45) is 0.244. The van der Waals surface area contributed by atoms with Crippen LogP contribution in [0, 0.1) is 12.8 Å². The summed E-state index contributed by atoms with van der Waals surface area (Å²) in [5.74, 6) is -2.59. The van der Waals surface area contributed by atoms with Gasteiger partial charge >= 0.3 is 0 Å². The number of hydrogen-bond donors (Lipinski definition) is 0. The standard InChI is InChI=1S/C17H12N2O5/c1-9-5-2-3-6-10(9)19-16(21)12-13(18-24-15(12)17(19)22)14(20)11-7-4-8-23-11/h2-8,12,15H,1H3. The summed E-state index contributed by atoms with van der Waals surface area (Å²) in [5.41, 5.74) is 1.15. The van der Waals surface area contributed by atoms with Crippen LogP contribution < -0.4 is 4.90 Å². The Balaban J connectivity index is 1.70. The first-order valence-electron chi connectivity index (χ1n) is 7.35. The van der Waals surface area contributed by atoms with Crippen molar-refractivity contribution in [1.29, 1.82) is 0 Å². The molecule has 1 saturated heterocycles. The van der Waals surface area contributed by atoms with Crippen LogP contribution in [0.2, 0.25) is 0 Å². The van der Waals surface area contributed by atoms with Crippen LogP contribution in [-0.4, -0.2) is 29.4 Å². The van der Waals surface area contributed by atoms with Crippen LogP contribution in [-0.2, 0) is 14.4 Å². The molecule has 2 atom stereocenters. The van der Waals surface area contributed by atoms with Gasteiger partial charge in [0.2, 0.25) is 17.8 Å². The number of nitrogens with zero attached hydrogens (tertiary/aromatic N) is 2. The molecule has 0 saturated carbocycles. The maximum Gasteiger partial charge on any atom is 0.278 e. The number of rotatable bonds is 3. The number of hydrogen-bond acceptors (Lipinski definition) is 6. The number of carbonyl (C=O) groups excluding carboxylic acids is 3. The van der Waals surface area contributed by atoms with Crippen molar-refractivity contribution >= 4 is 29.0 Å². The number of imide groups is 1. The fourth-order valence-electron chi connectivity index (χ4n) is 2.95. The van der Waals surface area contributed by atoms with Gasteiger partial charge in [0, 0.05) is 0 Å². The monoisotopic (exact) mass is 324 g/mol. The highest BCUT2D eigenvalue weighted by Gasteiger charge is 2.57. The number of Topliss-reactive ketones (excluding diaryl/α,β-unsaturated/α-hetero) is 1. The van der Waals surface area contributed by atoms with Crippen molar-refractivity contribution in [2.75, 3.05) is 4.90 Å². The van der Waals surface area contributed by atoms with Crippen molar-refractivity contribution in [3.8, 4) is 0 Å². The number of furan rings is 1. The van der Waals surface area contributed by atoms with Gasteiger partial charge in [0.05, 0.1) is 12.0 Å². The molecule has 0 radical (unpaired) electrons. The first kappa shape index (κ1) is 14.4. The molecule has 1 fully saturated rings. The van der Waals surface area contributed by atoms with Crippen LogP contribution in [0.1, 0.15) is 16.1 Å². The van der Waals surface area contributed by atoms with E-state index in [9.17, 15) is 14.4 Å². The molecule has 1 aromatic carbocycles. The van der Waals surface area contributed by atoms with E-state index < -0.39 is 29.6 Å². The average molecular weight is 324 g/mol. The lowest BCUT2D eigenvalue weighted by atomic mass is 9.96. The highest BCUT2D eigenvalue weighted by atomic mass is 16.7. The quantitative estimate of drug-likeness (QED) is 0.633. The SMILES string of the molecule is Cc1ccccc1N1C(=O)C2ON=C(C(=O)c3ccco3)C2C1=O.